The minimum atomic E-state index is -2.67. The van der Waals surface area contributed by atoms with Gasteiger partial charge in [0.2, 0.25) is 0 Å². The van der Waals surface area contributed by atoms with Crippen molar-refractivity contribution in [3.8, 4) is 0 Å². The Morgan fingerprint density at radius 1 is 0.593 bits per heavy atom. The maximum atomic E-state index is 10.2. The summed E-state index contributed by atoms with van der Waals surface area (Å²) in [6.07, 6.45) is 22.0. The van der Waals surface area contributed by atoms with Gasteiger partial charge < -0.3 is 33.3 Å². The summed E-state index contributed by atoms with van der Waals surface area (Å²) in [6.45, 7) is 53.0. The van der Waals surface area contributed by atoms with E-state index in [0.29, 0.717) is 18.4 Å². The maximum absolute atomic E-state index is 10.2. The van der Waals surface area contributed by atoms with Gasteiger partial charge in [0, 0.05) is 260 Å². The van der Waals surface area contributed by atoms with Crippen LogP contribution in [-0.4, -0.2) is 341 Å². The van der Waals surface area contributed by atoms with Gasteiger partial charge in [0.25, 0.3) is 0 Å². The minimum absolute atomic E-state index is 0. The summed E-state index contributed by atoms with van der Waals surface area (Å²) in [5.74, 6) is 10.4. The molecule has 0 aromatic rings. The van der Waals surface area contributed by atoms with Gasteiger partial charge in [-0.15, -0.1) is 14.6 Å². The molecule has 108 heavy (non-hydrogen) atoms. The van der Waals surface area contributed by atoms with Crippen molar-refractivity contribution in [2.24, 2.45) is 9.98 Å². The Morgan fingerprint density at radius 3 is 0.620 bits per heavy atom. The van der Waals surface area contributed by atoms with Crippen molar-refractivity contribution < 1.29 is 177 Å². The van der Waals surface area contributed by atoms with E-state index in [1.807, 2.05) is 106 Å². The van der Waals surface area contributed by atoms with Crippen molar-refractivity contribution in [1.82, 2.24) is 9.80 Å². The molecule has 32 heteroatoms. The van der Waals surface area contributed by atoms with Gasteiger partial charge in [-0.05, 0) is 200 Å². The van der Waals surface area contributed by atoms with Gasteiger partial charge in [-0.3, -0.25) is 28.8 Å². The Hall–Kier alpha value is 5.16. The third-order valence-corrected chi connectivity index (χ3v) is 1.92. The van der Waals surface area contributed by atoms with Gasteiger partial charge in [-0.25, -0.2) is 28.9 Å². The molecule has 0 bridgehead atoms. The zero-order valence-corrected chi connectivity index (χ0v) is 88.6. The monoisotopic (exact) mass is 2100 g/mol. The van der Waals surface area contributed by atoms with Crippen molar-refractivity contribution in [1.29, 1.82) is 0 Å². The molecule has 0 aliphatic carbocycles. The molecule has 0 saturated heterocycles. The topological polar surface area (TPSA) is 195 Å². The summed E-state index contributed by atoms with van der Waals surface area (Å²) in [4.78, 5) is 11.6. The van der Waals surface area contributed by atoms with Gasteiger partial charge in [-0.1, -0.05) is 199 Å². The molecule has 0 rings (SSSR count). The average molecular weight is 2100 g/mol. The zero-order valence-electron chi connectivity index (χ0n) is 67.8. The molecule has 0 aromatic heterocycles. The van der Waals surface area contributed by atoms with Crippen molar-refractivity contribution in [3.05, 3.63) is 4.78 Å². The third-order valence-electron chi connectivity index (χ3n) is 1.92. The van der Waals surface area contributed by atoms with E-state index in [0.717, 1.165) is 52.5 Å². The van der Waals surface area contributed by atoms with Crippen LogP contribution in [0.5, 0.6) is 0 Å². The maximum Gasteiger partial charge on any atom is 0.197 e. The molecular weight excluding hydrogens is 1860 g/mol. The van der Waals surface area contributed by atoms with Crippen molar-refractivity contribution >= 4 is 157 Å². The molecule has 0 heterocycles. The molecule has 0 aliphatic heterocycles. The van der Waals surface area contributed by atoms with Crippen molar-refractivity contribution in [2.75, 3.05) is 240 Å². The molecule has 0 fully saturated rings. The number of hydrogen-bond acceptors (Lipinski definition) is 14. The first-order valence-electron chi connectivity index (χ1n) is 26.2. The van der Waals surface area contributed by atoms with Crippen molar-refractivity contribution in [2.45, 2.75) is 238 Å². The molecule has 15 nitrogen and oxygen atoms in total. The number of methoxy groups -OCH3 is 1. The molecule has 0 spiro atoms. The Bertz CT molecular complexity index is 1600. The largest absolute Gasteiger partial charge is 0.784 e. The second kappa shape index (κ2) is 221. The fourth-order valence-corrected chi connectivity index (χ4v) is 0. The smallest absolute Gasteiger partial charge is 0.197 e. The summed E-state index contributed by atoms with van der Waals surface area (Å²) in [5.41, 5.74) is 3.16. The molecule has 0 unspecified atom stereocenters. The molecule has 0 saturated carbocycles. The van der Waals surface area contributed by atoms with Crippen LogP contribution in [0.1, 0.15) is 197 Å². The third kappa shape index (κ3) is 5870. The van der Waals surface area contributed by atoms with Crippen LogP contribution in [0.3, 0.4) is 0 Å². The summed E-state index contributed by atoms with van der Waals surface area (Å²) >= 11 is 6.69. The molecule has 5 radical (unpaired) electrons. The fourth-order valence-electron chi connectivity index (χ4n) is 0. The fraction of sp³-hybridized carbons (Fsp3) is 0.908. The molecule has 0 aromatic carbocycles. The number of hydrogen-bond donors (Lipinski definition) is 2. The number of aliphatic imine (C=N–C) groups is 2. The van der Waals surface area contributed by atoms with E-state index in [9.17, 15) is 21.4 Å². The van der Waals surface area contributed by atoms with Crippen LogP contribution in [0, 0.1) is 0 Å². The van der Waals surface area contributed by atoms with Crippen LogP contribution < -0.4 is 0 Å². The van der Waals surface area contributed by atoms with E-state index < -0.39 is 52.8 Å². The summed E-state index contributed by atoms with van der Waals surface area (Å²) < 4.78 is 63.9. The molecule has 2 N–H and O–H groups in total. The summed E-state index contributed by atoms with van der Waals surface area (Å²) in [6, 6.07) is -0.806. The first-order chi connectivity index (χ1) is 36.1. The van der Waals surface area contributed by atoms with Gasteiger partial charge >= 0.3 is 0 Å². The normalized spacial score (nSPS) is 7.24. The van der Waals surface area contributed by atoms with Crippen LogP contribution >= 0.6 is 51.3 Å². The second-order valence-electron chi connectivity index (χ2n) is 24.0. The van der Waals surface area contributed by atoms with E-state index >= 15 is 0 Å². The number of ether oxygens (including phenoxy) is 1. The van der Waals surface area contributed by atoms with Crippen molar-refractivity contribution in [3.63, 3.8) is 0 Å². The van der Waals surface area contributed by atoms with E-state index in [1.54, 1.807) is 125 Å². The van der Waals surface area contributed by atoms with Crippen LogP contribution in [0.4, 0.5) is 0 Å². The van der Waals surface area contributed by atoms with Gasteiger partial charge in [0.1, 0.15) is 16.6 Å². The average Bonchev–Trinajstić information content (AvgIpc) is 3.11. The van der Waals surface area contributed by atoms with E-state index in [1.165, 1.54) is 0 Å². The molecule has 0 amide bonds. The Balaban J connectivity index is -0.00000000997. The van der Waals surface area contributed by atoms with Crippen LogP contribution in [-0.2, 0) is 192 Å². The van der Waals surface area contributed by atoms with Crippen LogP contribution in [0.2, 0.25) is 40.9 Å². The quantitative estimate of drug-likeness (QED) is 0.0444. The number of nitrogens with zero attached hydrogens (tertiary/aromatic N) is 7. The Labute approximate surface area is 825 Å². The summed E-state index contributed by atoms with van der Waals surface area (Å²) in [7, 11) is 14.9. The number of sulfone groups is 1. The molecule has 0 aliphatic rings. The Morgan fingerprint density at radius 2 is 0.620 bits per heavy atom. The first-order valence-corrected chi connectivity index (χ1v) is 52.3. The second-order valence-corrected chi connectivity index (χ2v) is 52.9. The first kappa shape index (κ1) is 289. The van der Waals surface area contributed by atoms with Gasteiger partial charge in [-0.2, -0.15) is 22.2 Å². The van der Waals surface area contributed by atoms with E-state index in [4.69, 9.17) is 27.0 Å². The number of thioether (sulfide) groups is 1. The number of hydroxylamine groups is 2. The van der Waals surface area contributed by atoms with Crippen LogP contribution in [0.25, 0.3) is 4.78 Å². The van der Waals surface area contributed by atoms with Gasteiger partial charge in [0.05, 0.1) is 7.14 Å². The predicted molar refractivity (Wildman–Crippen MR) is 579 cm³/mol. The standard InChI is InChI=1S/C4H10NO.2C4H9N.2C3H9B.C3H8NO.C3H8NS.2C3H9N.C3H9OP.C3H8OS.C3H9PS.2C3H9P.C3H8S.C2H6O2S.C2H6OS.C2H6O.C2H6S.20CH4.4Y/c1-4(2)5(3)6;2*1-4(2)5-3;2*1-4(2)3;1-3-4(2)5;1-5(2,3)4;2*1-4(2)3;2*1-5(2,3)4;1-4(2,3)5;3*1-4(2)3;1-5(2,3)4;1-4(2)3;2*1-3-2;;;;;;;;;;;;;;;;;;;;;;;;/h6H,1-3H3;2*1-3H3;2*1-3H3;3,5H,1-2H3;1H2,2-3H3;2*1-3H3;1-3H3;1H2,2-3H3;1-3H3;2*1-3H3;1H2,2-3H3;1-2H3;1-2H3;2*1-2H3;20*1H4;;;;/q+1;;;;-1;+1;-1;;;;;;;;;;;;;;;;;;;;;;;;;;;;;;;;;;;;/p+1/b;;;;;4-3-;;;;;;;;;;;;;;;;;;;;;;;;;;;;;;;;;;;;;. The van der Waals surface area contributed by atoms with E-state index in [-0.39, 0.29) is 287 Å². The minimum Gasteiger partial charge on any atom is -0.784 e. The van der Waals surface area contributed by atoms with Crippen LogP contribution in [0.15, 0.2) is 9.98 Å². The molecular formula is C76H237B2N7O8P4S7Y4+. The SMILES string of the molecule is C.C.C.C.C.C.C.C.C.C.C.C.C.C.C.C.C.C.C.C.C/C=[N+](/C)O.C=S(C)(C)=O.C=S(C)(C)=[N-].C=S(C)C.CB(C)C.CC(C)=[N+](C)O.CN(C)C.CN(C)C.CN=C(C)C.CN=C(C)C.COC.CP(C)(C)=O.CP(C)(C)=S.CP(C)C.CS(C)(=O)=O.CS(C)=O.CSC.C[B-](C)C.C[PH+](C)C.[Y].[Y].[Y].[Y]. The molecule has 0 atom stereocenters. The molecule has 703 valence electrons. The predicted octanol–water partition coefficient (Wildman–Crippen LogP) is 26.0. The number of rotatable bonds is 0. The van der Waals surface area contributed by atoms with E-state index in [2.05, 4.69) is 146 Å². The van der Waals surface area contributed by atoms with Gasteiger partial charge in [0.15, 0.2) is 26.0 Å². The zero-order chi connectivity index (χ0) is 74.5. The summed E-state index contributed by atoms with van der Waals surface area (Å²) in [5, 5.41) is 16.6. The Kier molecular flexibility index (Phi) is 592.